The van der Waals surface area contributed by atoms with Gasteiger partial charge in [-0.05, 0) is 44.9 Å². The van der Waals surface area contributed by atoms with Gasteiger partial charge in [0.2, 0.25) is 0 Å². The van der Waals surface area contributed by atoms with E-state index in [0.29, 0.717) is 0 Å². The van der Waals surface area contributed by atoms with Crippen LogP contribution in [0.4, 0.5) is 4.79 Å². The molecule has 0 unspecified atom stereocenters. The van der Waals surface area contributed by atoms with E-state index < -0.39 is 0 Å². The Morgan fingerprint density at radius 3 is 2.78 bits per heavy atom. The van der Waals surface area contributed by atoms with Crippen molar-refractivity contribution in [2.24, 2.45) is 0 Å². The fraction of sp³-hybridized carbons (Fsp3) is 0.412. The van der Waals surface area contributed by atoms with E-state index in [4.69, 9.17) is 4.74 Å². The van der Waals surface area contributed by atoms with Crippen LogP contribution in [0.3, 0.4) is 0 Å². The molecule has 0 spiro atoms. The minimum absolute atomic E-state index is 0.0207. The van der Waals surface area contributed by atoms with Crippen LogP contribution in [-0.2, 0) is 6.42 Å². The Morgan fingerprint density at radius 1 is 1.35 bits per heavy atom. The van der Waals surface area contributed by atoms with Gasteiger partial charge in [-0.15, -0.1) is 11.3 Å². The summed E-state index contributed by atoms with van der Waals surface area (Å²) in [5, 5.41) is 8.78. The van der Waals surface area contributed by atoms with Crippen molar-refractivity contribution in [3.63, 3.8) is 0 Å². The zero-order valence-electron chi connectivity index (χ0n) is 13.9. The summed E-state index contributed by atoms with van der Waals surface area (Å²) in [6, 6.07) is 7.61. The summed E-state index contributed by atoms with van der Waals surface area (Å²) in [6.45, 7) is 5.87. The fourth-order valence-electron chi connectivity index (χ4n) is 2.30. The second kappa shape index (κ2) is 7.97. The molecule has 2 N–H and O–H groups in total. The SMILES string of the molecule is COc1cccc(C[C@@H](C)NC(=O)N[C@@H](C)c2nc(C)cs2)c1. The summed E-state index contributed by atoms with van der Waals surface area (Å²) >= 11 is 1.56. The largest absolute Gasteiger partial charge is 0.497 e. The monoisotopic (exact) mass is 333 g/mol. The fourth-order valence-corrected chi connectivity index (χ4v) is 3.10. The molecular weight excluding hydrogens is 310 g/mol. The minimum atomic E-state index is -0.180. The molecule has 2 atom stereocenters. The van der Waals surface area contributed by atoms with E-state index in [1.165, 1.54) is 0 Å². The molecule has 124 valence electrons. The quantitative estimate of drug-likeness (QED) is 0.851. The van der Waals surface area contributed by atoms with Crippen molar-refractivity contribution in [1.29, 1.82) is 0 Å². The van der Waals surface area contributed by atoms with Crippen molar-refractivity contribution < 1.29 is 9.53 Å². The molecular formula is C17H23N3O2S. The molecule has 0 aliphatic carbocycles. The Kier molecular flexibility index (Phi) is 5.98. The molecule has 23 heavy (non-hydrogen) atoms. The molecule has 2 aromatic rings. The number of amides is 2. The van der Waals surface area contributed by atoms with Gasteiger partial charge in [-0.25, -0.2) is 9.78 Å². The normalized spacial score (nSPS) is 13.2. The van der Waals surface area contributed by atoms with Gasteiger partial charge in [0.05, 0.1) is 13.2 Å². The third kappa shape index (κ3) is 5.25. The molecule has 0 aliphatic heterocycles. The number of methoxy groups -OCH3 is 1. The Hall–Kier alpha value is -2.08. The van der Waals surface area contributed by atoms with Crippen LogP contribution in [0, 0.1) is 6.92 Å². The summed E-state index contributed by atoms with van der Waals surface area (Å²) in [5.41, 5.74) is 2.10. The molecule has 0 aliphatic rings. The van der Waals surface area contributed by atoms with Gasteiger partial charge in [-0.1, -0.05) is 12.1 Å². The minimum Gasteiger partial charge on any atom is -0.497 e. The zero-order valence-corrected chi connectivity index (χ0v) is 14.7. The highest BCUT2D eigenvalue weighted by atomic mass is 32.1. The number of hydrogen-bond donors (Lipinski definition) is 2. The number of aryl methyl sites for hydroxylation is 1. The topological polar surface area (TPSA) is 63.2 Å². The molecule has 0 saturated carbocycles. The van der Waals surface area contributed by atoms with E-state index >= 15 is 0 Å². The number of nitrogens with one attached hydrogen (secondary N) is 2. The van der Waals surface area contributed by atoms with Crippen LogP contribution in [-0.4, -0.2) is 24.2 Å². The number of ether oxygens (including phenoxy) is 1. The molecule has 0 fully saturated rings. The molecule has 5 nitrogen and oxygen atoms in total. The lowest BCUT2D eigenvalue weighted by Crippen LogP contribution is -2.42. The molecule has 2 amide bonds. The van der Waals surface area contributed by atoms with Crippen molar-refractivity contribution in [3.8, 4) is 5.75 Å². The average molecular weight is 333 g/mol. The van der Waals surface area contributed by atoms with Crippen LogP contribution in [0.2, 0.25) is 0 Å². The Balaban J connectivity index is 1.84. The third-order valence-electron chi connectivity index (χ3n) is 3.41. The number of nitrogens with zero attached hydrogens (tertiary/aromatic N) is 1. The third-order valence-corrected chi connectivity index (χ3v) is 4.55. The lowest BCUT2D eigenvalue weighted by molar-refractivity contribution is 0.234. The van der Waals surface area contributed by atoms with Gasteiger partial charge in [-0.2, -0.15) is 0 Å². The number of urea groups is 1. The summed E-state index contributed by atoms with van der Waals surface area (Å²) in [7, 11) is 1.65. The summed E-state index contributed by atoms with van der Waals surface area (Å²) in [4.78, 5) is 16.5. The van der Waals surface area contributed by atoms with E-state index in [9.17, 15) is 4.79 Å². The van der Waals surface area contributed by atoms with Gasteiger partial charge in [-0.3, -0.25) is 0 Å². The molecule has 1 heterocycles. The van der Waals surface area contributed by atoms with Gasteiger partial charge in [0, 0.05) is 17.1 Å². The van der Waals surface area contributed by atoms with E-state index in [0.717, 1.165) is 28.4 Å². The maximum Gasteiger partial charge on any atom is 0.315 e. The van der Waals surface area contributed by atoms with E-state index in [1.54, 1.807) is 18.4 Å². The maximum absolute atomic E-state index is 12.1. The highest BCUT2D eigenvalue weighted by Crippen LogP contribution is 2.17. The van der Waals surface area contributed by atoms with Crippen LogP contribution in [0.5, 0.6) is 5.75 Å². The number of hydrogen-bond acceptors (Lipinski definition) is 4. The summed E-state index contributed by atoms with van der Waals surface area (Å²) in [5.74, 6) is 0.826. The number of carbonyl (C=O) groups excluding carboxylic acids is 1. The van der Waals surface area contributed by atoms with Crippen LogP contribution in [0.15, 0.2) is 29.6 Å². The number of thiazole rings is 1. The van der Waals surface area contributed by atoms with Gasteiger partial charge < -0.3 is 15.4 Å². The zero-order chi connectivity index (χ0) is 16.8. The molecule has 0 bridgehead atoms. The first-order chi connectivity index (χ1) is 11.0. The van der Waals surface area contributed by atoms with E-state index in [-0.39, 0.29) is 18.1 Å². The molecule has 6 heteroatoms. The highest BCUT2D eigenvalue weighted by Gasteiger charge is 2.14. The predicted molar refractivity (Wildman–Crippen MR) is 93.1 cm³/mol. The van der Waals surface area contributed by atoms with Gasteiger partial charge in [0.25, 0.3) is 0 Å². The average Bonchev–Trinajstić information content (AvgIpc) is 2.93. The van der Waals surface area contributed by atoms with Gasteiger partial charge in [0.1, 0.15) is 10.8 Å². The smallest absolute Gasteiger partial charge is 0.315 e. The second-order valence-corrected chi connectivity index (χ2v) is 6.51. The van der Waals surface area contributed by atoms with Gasteiger partial charge >= 0.3 is 6.03 Å². The predicted octanol–water partition coefficient (Wildman–Crippen LogP) is 3.45. The molecule has 0 radical (unpaired) electrons. The van der Waals surface area contributed by atoms with Crippen molar-refractivity contribution in [1.82, 2.24) is 15.6 Å². The molecule has 2 rings (SSSR count). The number of rotatable bonds is 6. The standard InChI is InChI=1S/C17H23N3O2S/c1-11(8-14-6-5-7-15(9-14)22-4)19-17(21)20-13(3)16-18-12(2)10-23-16/h5-7,9-11,13H,8H2,1-4H3,(H2,19,20,21)/t11-,13+/m1/s1. The second-order valence-electron chi connectivity index (χ2n) is 5.62. The number of carbonyl (C=O) groups is 1. The van der Waals surface area contributed by atoms with Gasteiger partial charge in [0.15, 0.2) is 0 Å². The van der Waals surface area contributed by atoms with Crippen molar-refractivity contribution >= 4 is 17.4 Å². The molecule has 1 aromatic heterocycles. The summed E-state index contributed by atoms with van der Waals surface area (Å²) in [6.07, 6.45) is 0.745. The van der Waals surface area contributed by atoms with Crippen LogP contribution >= 0.6 is 11.3 Å². The maximum atomic E-state index is 12.1. The highest BCUT2D eigenvalue weighted by molar-refractivity contribution is 7.09. The first kappa shape index (κ1) is 17.3. The summed E-state index contributed by atoms with van der Waals surface area (Å²) < 4.78 is 5.22. The lowest BCUT2D eigenvalue weighted by Gasteiger charge is -2.17. The lowest BCUT2D eigenvalue weighted by atomic mass is 10.1. The molecule has 1 aromatic carbocycles. The Bertz CT molecular complexity index is 657. The van der Waals surface area contributed by atoms with E-state index in [1.807, 2.05) is 50.4 Å². The van der Waals surface area contributed by atoms with Crippen molar-refractivity contribution in [3.05, 3.63) is 45.9 Å². The van der Waals surface area contributed by atoms with Crippen LogP contribution < -0.4 is 15.4 Å². The Labute approximate surface area is 141 Å². The van der Waals surface area contributed by atoms with E-state index in [2.05, 4.69) is 15.6 Å². The van der Waals surface area contributed by atoms with Crippen LogP contribution in [0.1, 0.15) is 36.2 Å². The van der Waals surface area contributed by atoms with Crippen molar-refractivity contribution in [2.75, 3.05) is 7.11 Å². The first-order valence-electron chi connectivity index (χ1n) is 7.60. The Morgan fingerprint density at radius 2 is 2.13 bits per heavy atom. The number of aromatic nitrogens is 1. The molecule has 0 saturated heterocycles. The first-order valence-corrected chi connectivity index (χ1v) is 8.48. The number of benzene rings is 1. The van der Waals surface area contributed by atoms with Crippen molar-refractivity contribution in [2.45, 2.75) is 39.3 Å². The van der Waals surface area contributed by atoms with Crippen LogP contribution in [0.25, 0.3) is 0 Å².